The van der Waals surface area contributed by atoms with Gasteiger partial charge in [-0.1, -0.05) is 0 Å². The summed E-state index contributed by atoms with van der Waals surface area (Å²) in [5.41, 5.74) is 2.83. The molecule has 0 amide bonds. The van der Waals surface area contributed by atoms with Gasteiger partial charge in [0.1, 0.15) is 6.61 Å². The van der Waals surface area contributed by atoms with Crippen LogP contribution in [-0.2, 0) is 4.74 Å². The van der Waals surface area contributed by atoms with E-state index in [1.807, 2.05) is 0 Å². The lowest BCUT2D eigenvalue weighted by Gasteiger charge is -2.07. The highest BCUT2D eigenvalue weighted by molar-refractivity contribution is 5.57. The number of benzene rings is 1. The molecule has 1 aromatic carbocycles. The van der Waals surface area contributed by atoms with Crippen molar-refractivity contribution in [1.29, 1.82) is 0 Å². The van der Waals surface area contributed by atoms with Gasteiger partial charge in [-0.2, -0.15) is 0 Å². The first-order valence-electron chi connectivity index (χ1n) is 4.56. The van der Waals surface area contributed by atoms with E-state index in [2.05, 4.69) is 5.43 Å². The highest BCUT2D eigenvalue weighted by Gasteiger charge is 2.15. The summed E-state index contributed by atoms with van der Waals surface area (Å²) in [4.78, 5) is 10.2. The fraction of sp³-hybridized carbons (Fsp3) is 0.333. The maximum Gasteiger partial charge on any atom is 0.311 e. The highest BCUT2D eigenvalue weighted by Crippen LogP contribution is 2.29. The van der Waals surface area contributed by atoms with Crippen molar-refractivity contribution >= 4 is 11.4 Å². The zero-order chi connectivity index (χ0) is 12.0. The minimum atomic E-state index is -0.511. The molecule has 0 unspecified atom stereocenters. The lowest BCUT2D eigenvalue weighted by atomic mass is 10.2. The quantitative estimate of drug-likeness (QED) is 0.324. The number of nitrogens with two attached hydrogens (primary N) is 1. The molecule has 7 heteroatoms. The van der Waals surface area contributed by atoms with Crippen LogP contribution in [0, 0.1) is 10.1 Å². The molecule has 0 spiro atoms. The van der Waals surface area contributed by atoms with Crippen LogP contribution >= 0.6 is 0 Å². The number of nitrogen functional groups attached to an aromatic ring is 1. The van der Waals surface area contributed by atoms with Gasteiger partial charge in [0.15, 0.2) is 5.75 Å². The second kappa shape index (κ2) is 5.89. The molecule has 0 aliphatic carbocycles. The summed E-state index contributed by atoms with van der Waals surface area (Å²) in [6.07, 6.45) is 0. The van der Waals surface area contributed by atoms with Gasteiger partial charge in [-0.3, -0.25) is 16.0 Å². The van der Waals surface area contributed by atoms with E-state index in [1.165, 1.54) is 25.3 Å². The number of rotatable bonds is 6. The zero-order valence-corrected chi connectivity index (χ0v) is 8.80. The summed E-state index contributed by atoms with van der Waals surface area (Å²) in [7, 11) is 1.52. The minimum absolute atomic E-state index is 0.102. The lowest BCUT2D eigenvalue weighted by Crippen LogP contribution is -2.09. The van der Waals surface area contributed by atoms with Crippen LogP contribution in [-0.4, -0.2) is 25.2 Å². The Morgan fingerprint density at radius 2 is 2.25 bits per heavy atom. The molecule has 0 saturated carbocycles. The fourth-order valence-electron chi connectivity index (χ4n) is 1.11. The van der Waals surface area contributed by atoms with Gasteiger partial charge in [0.25, 0.3) is 0 Å². The molecule has 3 N–H and O–H groups in total. The van der Waals surface area contributed by atoms with Gasteiger partial charge in [0.05, 0.1) is 17.2 Å². The standard InChI is InChI=1S/C9H13N3O4/c1-15-4-5-16-9-6-7(11-10)2-3-8(9)12(13)14/h2-3,6,11H,4-5,10H2,1H3. The van der Waals surface area contributed by atoms with Crippen LogP contribution in [0.15, 0.2) is 18.2 Å². The number of hydrogen-bond donors (Lipinski definition) is 2. The van der Waals surface area contributed by atoms with Gasteiger partial charge in [0, 0.05) is 19.2 Å². The summed E-state index contributed by atoms with van der Waals surface area (Å²) in [5, 5.41) is 10.7. The van der Waals surface area contributed by atoms with Crippen LogP contribution in [0.5, 0.6) is 5.75 Å². The Hall–Kier alpha value is -1.86. The third-order valence-electron chi connectivity index (χ3n) is 1.87. The van der Waals surface area contributed by atoms with Crippen LogP contribution in [0.3, 0.4) is 0 Å². The van der Waals surface area contributed by atoms with Crippen LogP contribution in [0.25, 0.3) is 0 Å². The van der Waals surface area contributed by atoms with Crippen LogP contribution in [0.4, 0.5) is 11.4 Å². The Morgan fingerprint density at radius 3 is 2.81 bits per heavy atom. The number of anilines is 1. The summed E-state index contributed by atoms with van der Waals surface area (Å²) in [6.45, 7) is 0.600. The average Bonchev–Trinajstić information content (AvgIpc) is 2.29. The summed E-state index contributed by atoms with van der Waals surface area (Å²) in [5.74, 6) is 5.36. The van der Waals surface area contributed by atoms with Gasteiger partial charge in [-0.15, -0.1) is 0 Å². The largest absolute Gasteiger partial charge is 0.484 e. The lowest BCUT2D eigenvalue weighted by molar-refractivity contribution is -0.385. The number of nitrogens with one attached hydrogen (secondary N) is 1. The van der Waals surface area contributed by atoms with Gasteiger partial charge in [-0.25, -0.2) is 0 Å². The Bertz CT molecular complexity index is 370. The van der Waals surface area contributed by atoms with E-state index in [9.17, 15) is 10.1 Å². The molecule has 0 saturated heterocycles. The molecule has 0 atom stereocenters. The number of hydrogen-bond acceptors (Lipinski definition) is 6. The maximum atomic E-state index is 10.7. The molecule has 0 bridgehead atoms. The summed E-state index contributed by atoms with van der Waals surface area (Å²) >= 11 is 0. The Balaban J connectivity index is 2.87. The number of hydrazine groups is 1. The molecule has 0 aliphatic heterocycles. The summed E-state index contributed by atoms with van der Waals surface area (Å²) in [6, 6.07) is 4.30. The SMILES string of the molecule is COCCOc1cc(NN)ccc1[N+](=O)[O-]. The monoisotopic (exact) mass is 227 g/mol. The molecule has 0 heterocycles. The highest BCUT2D eigenvalue weighted by atomic mass is 16.6. The molecular formula is C9H13N3O4. The third-order valence-corrected chi connectivity index (χ3v) is 1.87. The van der Waals surface area contributed by atoms with Crippen molar-refractivity contribution in [3.8, 4) is 5.75 Å². The molecule has 0 aromatic heterocycles. The van der Waals surface area contributed by atoms with Crippen LogP contribution < -0.4 is 16.0 Å². The minimum Gasteiger partial charge on any atom is -0.484 e. The van der Waals surface area contributed by atoms with E-state index in [4.69, 9.17) is 15.3 Å². The van der Waals surface area contributed by atoms with Crippen molar-refractivity contribution in [2.75, 3.05) is 25.7 Å². The molecule has 0 radical (unpaired) electrons. The van der Waals surface area contributed by atoms with Crippen molar-refractivity contribution in [2.45, 2.75) is 0 Å². The average molecular weight is 227 g/mol. The van der Waals surface area contributed by atoms with Gasteiger partial charge in [-0.05, 0) is 6.07 Å². The van der Waals surface area contributed by atoms with Gasteiger partial charge in [0.2, 0.25) is 0 Å². The van der Waals surface area contributed by atoms with E-state index in [0.717, 1.165) is 0 Å². The Labute approximate surface area is 92.3 Å². The van der Waals surface area contributed by atoms with Crippen molar-refractivity contribution in [3.05, 3.63) is 28.3 Å². The second-order valence-electron chi connectivity index (χ2n) is 2.93. The molecule has 1 aromatic rings. The topological polar surface area (TPSA) is 99.7 Å². The summed E-state index contributed by atoms with van der Waals surface area (Å²) < 4.78 is 10.0. The molecule has 7 nitrogen and oxygen atoms in total. The predicted octanol–water partition coefficient (Wildman–Crippen LogP) is 0.906. The van der Waals surface area contributed by atoms with E-state index >= 15 is 0 Å². The predicted molar refractivity (Wildman–Crippen MR) is 58.3 cm³/mol. The van der Waals surface area contributed by atoms with E-state index in [0.29, 0.717) is 12.3 Å². The third kappa shape index (κ3) is 3.07. The first kappa shape index (κ1) is 12.2. The van der Waals surface area contributed by atoms with Crippen molar-refractivity contribution in [2.24, 2.45) is 5.84 Å². The smallest absolute Gasteiger partial charge is 0.311 e. The Kier molecular flexibility index (Phi) is 4.49. The van der Waals surface area contributed by atoms with Crippen molar-refractivity contribution < 1.29 is 14.4 Å². The molecule has 88 valence electrons. The molecular weight excluding hydrogens is 214 g/mol. The van der Waals surface area contributed by atoms with E-state index in [1.54, 1.807) is 0 Å². The normalized spacial score (nSPS) is 9.88. The van der Waals surface area contributed by atoms with Gasteiger partial charge >= 0.3 is 5.69 Å². The van der Waals surface area contributed by atoms with Crippen LogP contribution in [0.2, 0.25) is 0 Å². The van der Waals surface area contributed by atoms with Gasteiger partial charge < -0.3 is 14.9 Å². The number of methoxy groups -OCH3 is 1. The fourth-order valence-corrected chi connectivity index (χ4v) is 1.11. The second-order valence-corrected chi connectivity index (χ2v) is 2.93. The van der Waals surface area contributed by atoms with Crippen LogP contribution in [0.1, 0.15) is 0 Å². The molecule has 0 fully saturated rings. The number of nitro groups is 1. The first-order valence-corrected chi connectivity index (χ1v) is 4.56. The molecule has 1 rings (SSSR count). The first-order chi connectivity index (χ1) is 7.69. The number of ether oxygens (including phenoxy) is 2. The van der Waals surface area contributed by atoms with Crippen molar-refractivity contribution in [1.82, 2.24) is 0 Å². The molecule has 0 aliphatic rings. The Morgan fingerprint density at radius 1 is 1.50 bits per heavy atom. The van der Waals surface area contributed by atoms with Crippen molar-refractivity contribution in [3.63, 3.8) is 0 Å². The van der Waals surface area contributed by atoms with E-state index < -0.39 is 4.92 Å². The maximum absolute atomic E-state index is 10.7. The zero-order valence-electron chi connectivity index (χ0n) is 8.80. The molecule has 16 heavy (non-hydrogen) atoms. The van der Waals surface area contributed by atoms with E-state index in [-0.39, 0.29) is 18.0 Å². The number of nitrogens with zero attached hydrogens (tertiary/aromatic N) is 1. The number of nitro benzene ring substituents is 1.